The van der Waals surface area contributed by atoms with E-state index in [1.54, 1.807) is 12.1 Å². The molecule has 1 aromatic carbocycles. The summed E-state index contributed by atoms with van der Waals surface area (Å²) in [6, 6.07) is 9.92. The highest BCUT2D eigenvalue weighted by molar-refractivity contribution is 6.30. The molecule has 5 aromatic rings. The lowest BCUT2D eigenvalue weighted by atomic mass is 10.00. The van der Waals surface area contributed by atoms with Gasteiger partial charge in [0, 0.05) is 16.6 Å². The second kappa shape index (κ2) is 6.95. The van der Waals surface area contributed by atoms with E-state index in [9.17, 15) is 22.0 Å². The van der Waals surface area contributed by atoms with Gasteiger partial charge in [0.2, 0.25) is 6.39 Å². The van der Waals surface area contributed by atoms with Crippen LogP contribution in [-0.2, 0) is 5.92 Å². The van der Waals surface area contributed by atoms with E-state index in [0.717, 1.165) is 12.5 Å². The number of hydrogen-bond acceptors (Lipinski definition) is 5. The van der Waals surface area contributed by atoms with E-state index < -0.39 is 17.8 Å². The number of alkyl halides is 5. The van der Waals surface area contributed by atoms with E-state index in [1.165, 1.54) is 34.9 Å². The Morgan fingerprint density at radius 3 is 2.34 bits per heavy atom. The van der Waals surface area contributed by atoms with Crippen LogP contribution in [0.1, 0.15) is 5.69 Å². The first-order valence-corrected chi connectivity index (χ1v) is 9.33. The quantitative estimate of drug-likeness (QED) is 0.310. The zero-order valence-electron chi connectivity index (χ0n) is 15.6. The van der Waals surface area contributed by atoms with Crippen LogP contribution in [0.4, 0.5) is 22.0 Å². The molecule has 0 saturated carbocycles. The third kappa shape index (κ3) is 3.16. The van der Waals surface area contributed by atoms with E-state index in [-0.39, 0.29) is 28.4 Å². The number of fused-ring (bicyclic) bond motifs is 3. The molecule has 0 aliphatic heterocycles. The molecule has 0 fully saturated rings. The number of imidazole rings is 1. The molecule has 162 valence electrons. The molecule has 0 aliphatic carbocycles. The maximum atomic E-state index is 14.3. The predicted molar refractivity (Wildman–Crippen MR) is 104 cm³/mol. The van der Waals surface area contributed by atoms with E-state index in [0.29, 0.717) is 16.0 Å². The molecule has 0 spiro atoms. The monoisotopic (exact) mass is 465 g/mol. The van der Waals surface area contributed by atoms with Gasteiger partial charge in [-0.3, -0.25) is 4.40 Å². The molecule has 12 heteroatoms. The molecule has 0 amide bonds. The third-order valence-corrected chi connectivity index (χ3v) is 5.06. The van der Waals surface area contributed by atoms with Crippen molar-refractivity contribution < 1.29 is 26.4 Å². The molecule has 0 bridgehead atoms. The van der Waals surface area contributed by atoms with Gasteiger partial charge in [0.1, 0.15) is 22.7 Å². The van der Waals surface area contributed by atoms with Crippen molar-refractivity contribution in [3.8, 4) is 22.7 Å². The van der Waals surface area contributed by atoms with Crippen molar-refractivity contribution in [2.24, 2.45) is 0 Å². The summed E-state index contributed by atoms with van der Waals surface area (Å²) in [4.78, 5) is 7.96. The highest BCUT2D eigenvalue weighted by atomic mass is 35.5. The standard InChI is InChI=1S/C20H9ClF5N5O/c21-11-3-1-10(2-4-11)13-7-15(19(22,23)20(24,25)26)29-17-12(13)5-6-16-28-14(8-31(16)17)18-30-27-9-32-18/h1-9H. The van der Waals surface area contributed by atoms with Gasteiger partial charge in [-0.05, 0) is 41.5 Å². The van der Waals surface area contributed by atoms with Crippen LogP contribution in [0.5, 0.6) is 0 Å². The van der Waals surface area contributed by atoms with Crippen molar-refractivity contribution in [3.05, 3.63) is 65.8 Å². The Labute approximate surface area is 180 Å². The lowest BCUT2D eigenvalue weighted by molar-refractivity contribution is -0.290. The number of rotatable bonds is 3. The molecule has 0 atom stereocenters. The second-order valence-electron chi connectivity index (χ2n) is 6.80. The highest BCUT2D eigenvalue weighted by Gasteiger charge is 2.60. The fourth-order valence-corrected chi connectivity index (χ4v) is 3.42. The molecule has 0 aliphatic rings. The molecule has 32 heavy (non-hydrogen) atoms. The SMILES string of the molecule is FC(F)(F)C(F)(F)c1cc(-c2ccc(Cl)cc2)c2ccc3nc(-c4nnco4)cn3c2n1. The first-order valence-electron chi connectivity index (χ1n) is 8.95. The van der Waals surface area contributed by atoms with E-state index in [2.05, 4.69) is 20.2 Å². The summed E-state index contributed by atoms with van der Waals surface area (Å²) < 4.78 is 74.5. The summed E-state index contributed by atoms with van der Waals surface area (Å²) in [6.45, 7) is 0. The van der Waals surface area contributed by atoms with Crippen LogP contribution in [0, 0.1) is 0 Å². The van der Waals surface area contributed by atoms with Gasteiger partial charge in [-0.25, -0.2) is 9.97 Å². The van der Waals surface area contributed by atoms with Crippen molar-refractivity contribution in [2.45, 2.75) is 12.1 Å². The molecule has 4 aromatic heterocycles. The summed E-state index contributed by atoms with van der Waals surface area (Å²) in [5.74, 6) is -5.13. The van der Waals surface area contributed by atoms with Gasteiger partial charge in [0.25, 0.3) is 5.89 Å². The van der Waals surface area contributed by atoms with E-state index in [1.807, 2.05) is 0 Å². The third-order valence-electron chi connectivity index (χ3n) is 4.81. The number of hydrogen-bond donors (Lipinski definition) is 0. The normalized spacial score (nSPS) is 12.7. The Bertz CT molecular complexity index is 1450. The summed E-state index contributed by atoms with van der Waals surface area (Å²) >= 11 is 5.90. The molecular weight excluding hydrogens is 457 g/mol. The molecule has 0 unspecified atom stereocenters. The Kier molecular flexibility index (Phi) is 4.41. The van der Waals surface area contributed by atoms with Crippen molar-refractivity contribution >= 4 is 28.3 Å². The Hall–Kier alpha value is -3.60. The Balaban J connectivity index is 1.85. The van der Waals surface area contributed by atoms with Crippen LogP contribution in [-0.4, -0.2) is 30.7 Å². The van der Waals surface area contributed by atoms with Crippen molar-refractivity contribution in [2.75, 3.05) is 0 Å². The number of pyridine rings is 2. The summed E-state index contributed by atoms with van der Waals surface area (Å²) in [5, 5.41) is 7.99. The van der Waals surface area contributed by atoms with Crippen LogP contribution in [0.15, 0.2) is 59.5 Å². The average molecular weight is 466 g/mol. The molecule has 0 N–H and O–H groups in total. The van der Waals surface area contributed by atoms with Crippen molar-refractivity contribution in [1.82, 2.24) is 24.6 Å². The molecule has 4 heterocycles. The van der Waals surface area contributed by atoms with Crippen LogP contribution in [0.3, 0.4) is 0 Å². The van der Waals surface area contributed by atoms with Gasteiger partial charge in [-0.1, -0.05) is 23.7 Å². The summed E-state index contributed by atoms with van der Waals surface area (Å²) in [7, 11) is 0. The van der Waals surface area contributed by atoms with Crippen molar-refractivity contribution in [1.29, 1.82) is 0 Å². The van der Waals surface area contributed by atoms with Gasteiger partial charge in [-0.15, -0.1) is 10.2 Å². The fourth-order valence-electron chi connectivity index (χ4n) is 3.29. The average Bonchev–Trinajstić information content (AvgIpc) is 3.42. The highest BCUT2D eigenvalue weighted by Crippen LogP contribution is 2.45. The maximum Gasteiger partial charge on any atom is 0.459 e. The van der Waals surface area contributed by atoms with Gasteiger partial charge in [-0.2, -0.15) is 22.0 Å². The molecule has 6 nitrogen and oxygen atoms in total. The zero-order chi connectivity index (χ0) is 22.7. The van der Waals surface area contributed by atoms with Crippen LogP contribution < -0.4 is 0 Å². The number of nitrogens with zero attached hydrogens (tertiary/aromatic N) is 5. The second-order valence-corrected chi connectivity index (χ2v) is 7.24. The number of benzene rings is 1. The predicted octanol–water partition coefficient (Wildman–Crippen LogP) is 5.91. The number of halogens is 6. The van der Waals surface area contributed by atoms with Crippen molar-refractivity contribution in [3.63, 3.8) is 0 Å². The topological polar surface area (TPSA) is 69.1 Å². The molecule has 0 radical (unpaired) electrons. The van der Waals surface area contributed by atoms with E-state index >= 15 is 0 Å². The molecule has 0 saturated heterocycles. The summed E-state index contributed by atoms with van der Waals surface area (Å²) in [5.41, 5.74) is -0.626. The Morgan fingerprint density at radius 1 is 0.938 bits per heavy atom. The van der Waals surface area contributed by atoms with Crippen LogP contribution >= 0.6 is 11.6 Å². The van der Waals surface area contributed by atoms with Gasteiger partial charge < -0.3 is 4.42 Å². The van der Waals surface area contributed by atoms with E-state index in [4.69, 9.17) is 16.0 Å². The smallest absolute Gasteiger partial charge is 0.422 e. The first-order chi connectivity index (χ1) is 15.1. The van der Waals surface area contributed by atoms with Gasteiger partial charge in [0.05, 0.1) is 0 Å². The fraction of sp³-hybridized carbons (Fsp3) is 0.100. The maximum absolute atomic E-state index is 14.3. The lowest BCUT2D eigenvalue weighted by Crippen LogP contribution is -2.34. The number of aromatic nitrogens is 5. The largest absolute Gasteiger partial charge is 0.459 e. The molecule has 5 rings (SSSR count). The molecular formula is C20H9ClF5N5O. The lowest BCUT2D eigenvalue weighted by Gasteiger charge is -2.20. The van der Waals surface area contributed by atoms with Gasteiger partial charge in [0.15, 0.2) is 0 Å². The minimum Gasteiger partial charge on any atom is -0.422 e. The Morgan fingerprint density at radius 2 is 1.69 bits per heavy atom. The minimum atomic E-state index is -5.83. The van der Waals surface area contributed by atoms with Crippen LogP contribution in [0.25, 0.3) is 39.4 Å². The van der Waals surface area contributed by atoms with Gasteiger partial charge >= 0.3 is 12.1 Å². The zero-order valence-corrected chi connectivity index (χ0v) is 16.4. The summed E-state index contributed by atoms with van der Waals surface area (Å²) in [6.07, 6.45) is -3.38. The van der Waals surface area contributed by atoms with Crippen LogP contribution in [0.2, 0.25) is 5.02 Å². The minimum absolute atomic E-state index is 0.0524. The first kappa shape index (κ1) is 20.3.